The third-order valence-corrected chi connectivity index (χ3v) is 5.13. The van der Waals surface area contributed by atoms with E-state index in [9.17, 15) is 0 Å². The Hall–Kier alpha value is -1.35. The summed E-state index contributed by atoms with van der Waals surface area (Å²) in [5, 5.41) is 10.0. The van der Waals surface area contributed by atoms with Crippen LogP contribution in [0, 0.1) is 0 Å². The topological polar surface area (TPSA) is 58.5 Å². The molecule has 0 saturated heterocycles. The van der Waals surface area contributed by atoms with Crippen molar-refractivity contribution in [3.8, 4) is 5.75 Å². The number of aliphatic imine (C=N–C) groups is 1. The van der Waals surface area contributed by atoms with E-state index in [1.807, 2.05) is 12.1 Å². The lowest BCUT2D eigenvalue weighted by atomic mass is 10.1. The average Bonchev–Trinajstić information content (AvgIpc) is 3.25. The number of benzene rings is 1. The van der Waals surface area contributed by atoms with Gasteiger partial charge in [-0.3, -0.25) is 0 Å². The number of para-hydroxylation sites is 1. The molecular weight excluding hydrogens is 459 g/mol. The Balaban J connectivity index is 0.00000243. The first-order valence-corrected chi connectivity index (χ1v) is 9.86. The molecule has 1 atom stereocenters. The van der Waals surface area contributed by atoms with Crippen LogP contribution in [0.25, 0.3) is 0 Å². The molecule has 0 spiro atoms. The van der Waals surface area contributed by atoms with Crippen LogP contribution in [0.4, 0.5) is 0 Å². The Kier molecular flexibility index (Phi) is 8.64. The first kappa shape index (κ1) is 21.0. The van der Waals surface area contributed by atoms with E-state index in [1.165, 1.54) is 10.6 Å². The van der Waals surface area contributed by atoms with Gasteiger partial charge in [0.15, 0.2) is 5.96 Å². The fraction of sp³-hybridized carbons (Fsp3) is 0.474. The predicted molar refractivity (Wildman–Crippen MR) is 119 cm³/mol. The average molecular weight is 486 g/mol. The molecule has 3 rings (SSSR count). The van der Waals surface area contributed by atoms with E-state index in [0.717, 1.165) is 49.8 Å². The second-order valence-electron chi connectivity index (χ2n) is 6.03. The first-order chi connectivity index (χ1) is 12.3. The van der Waals surface area contributed by atoms with Crippen molar-refractivity contribution in [2.75, 3.05) is 19.6 Å². The minimum Gasteiger partial charge on any atom is -0.488 e. The van der Waals surface area contributed by atoms with Crippen LogP contribution in [0.2, 0.25) is 0 Å². The zero-order valence-electron chi connectivity index (χ0n) is 15.3. The minimum absolute atomic E-state index is 0. The van der Waals surface area contributed by atoms with Gasteiger partial charge in [0.1, 0.15) is 11.9 Å². The van der Waals surface area contributed by atoms with E-state index in [0.29, 0.717) is 6.54 Å². The monoisotopic (exact) mass is 486 g/mol. The summed E-state index contributed by atoms with van der Waals surface area (Å²) in [4.78, 5) is 9.28. The van der Waals surface area contributed by atoms with E-state index >= 15 is 0 Å². The number of thiazole rings is 1. The van der Waals surface area contributed by atoms with Crippen LogP contribution < -0.4 is 15.4 Å². The van der Waals surface area contributed by atoms with Crippen LogP contribution in [0.5, 0.6) is 5.75 Å². The Morgan fingerprint density at radius 2 is 2.15 bits per heavy atom. The second-order valence-corrected chi connectivity index (χ2v) is 6.98. The molecule has 1 aliphatic heterocycles. The summed E-state index contributed by atoms with van der Waals surface area (Å²) in [6.07, 6.45) is 2.97. The number of fused-ring (bicyclic) bond motifs is 1. The Morgan fingerprint density at radius 1 is 1.31 bits per heavy atom. The Morgan fingerprint density at radius 3 is 2.88 bits per heavy atom. The normalized spacial score (nSPS) is 15.8. The number of aryl methyl sites for hydroxylation is 1. The van der Waals surface area contributed by atoms with Crippen molar-refractivity contribution in [3.63, 3.8) is 0 Å². The van der Waals surface area contributed by atoms with Gasteiger partial charge < -0.3 is 15.4 Å². The smallest absolute Gasteiger partial charge is 0.191 e. The third kappa shape index (κ3) is 5.84. The van der Waals surface area contributed by atoms with Crippen molar-refractivity contribution in [3.05, 3.63) is 45.9 Å². The van der Waals surface area contributed by atoms with Gasteiger partial charge in [-0.1, -0.05) is 25.1 Å². The molecule has 0 aliphatic carbocycles. The molecule has 2 N–H and O–H groups in total. The molecule has 7 heteroatoms. The van der Waals surface area contributed by atoms with Gasteiger partial charge in [-0.05, 0) is 25.0 Å². The number of halogens is 1. The molecule has 1 aromatic heterocycles. The van der Waals surface area contributed by atoms with Crippen LogP contribution in [-0.2, 0) is 19.3 Å². The number of ether oxygens (including phenoxy) is 1. The highest BCUT2D eigenvalue weighted by Gasteiger charge is 2.21. The molecule has 0 radical (unpaired) electrons. The van der Waals surface area contributed by atoms with Gasteiger partial charge in [-0.15, -0.1) is 35.3 Å². The molecule has 0 bridgehead atoms. The summed E-state index contributed by atoms with van der Waals surface area (Å²) in [7, 11) is 0. The van der Waals surface area contributed by atoms with Gasteiger partial charge in [0, 0.05) is 31.3 Å². The van der Waals surface area contributed by atoms with Crippen molar-refractivity contribution in [1.29, 1.82) is 0 Å². The number of nitrogens with zero attached hydrogens (tertiary/aromatic N) is 2. The van der Waals surface area contributed by atoms with Gasteiger partial charge in [0.25, 0.3) is 0 Å². The lowest BCUT2D eigenvalue weighted by molar-refractivity contribution is 0.241. The molecule has 142 valence electrons. The zero-order valence-corrected chi connectivity index (χ0v) is 18.5. The number of guanidine groups is 1. The summed E-state index contributed by atoms with van der Waals surface area (Å²) in [5.41, 5.74) is 2.43. The van der Waals surface area contributed by atoms with E-state index in [-0.39, 0.29) is 30.1 Å². The van der Waals surface area contributed by atoms with Crippen molar-refractivity contribution >= 4 is 41.3 Å². The highest BCUT2D eigenvalue weighted by molar-refractivity contribution is 14.0. The van der Waals surface area contributed by atoms with Gasteiger partial charge in [0.2, 0.25) is 0 Å². The van der Waals surface area contributed by atoms with Crippen molar-refractivity contribution in [2.24, 2.45) is 4.99 Å². The van der Waals surface area contributed by atoms with Crippen LogP contribution >= 0.6 is 35.3 Å². The van der Waals surface area contributed by atoms with E-state index in [4.69, 9.17) is 4.74 Å². The molecule has 0 fully saturated rings. The summed E-state index contributed by atoms with van der Waals surface area (Å²) in [6.45, 7) is 6.53. The van der Waals surface area contributed by atoms with E-state index < -0.39 is 0 Å². The lowest BCUT2D eigenvalue weighted by Crippen LogP contribution is -2.39. The number of rotatable bonds is 7. The number of nitrogens with one attached hydrogen (secondary N) is 2. The molecule has 1 unspecified atom stereocenters. The molecule has 2 heterocycles. The third-order valence-electron chi connectivity index (χ3n) is 4.09. The van der Waals surface area contributed by atoms with Crippen molar-refractivity contribution in [2.45, 2.75) is 39.2 Å². The molecular formula is C19H27IN4OS. The maximum absolute atomic E-state index is 5.95. The van der Waals surface area contributed by atoms with Gasteiger partial charge in [0.05, 0.1) is 17.2 Å². The molecule has 5 nitrogen and oxygen atoms in total. The second kappa shape index (κ2) is 10.7. The van der Waals surface area contributed by atoms with Crippen LogP contribution in [-0.4, -0.2) is 36.7 Å². The van der Waals surface area contributed by atoms with Crippen LogP contribution in [0.15, 0.2) is 34.6 Å². The Bertz CT molecular complexity index is 694. The first-order valence-electron chi connectivity index (χ1n) is 8.98. The molecule has 1 aromatic carbocycles. The molecule has 2 aromatic rings. The molecule has 0 amide bonds. The van der Waals surface area contributed by atoms with E-state index in [2.05, 4.69) is 52.0 Å². The van der Waals surface area contributed by atoms with Crippen LogP contribution in [0.3, 0.4) is 0 Å². The highest BCUT2D eigenvalue weighted by Crippen LogP contribution is 2.28. The summed E-state index contributed by atoms with van der Waals surface area (Å²) in [5.74, 6) is 1.84. The summed E-state index contributed by atoms with van der Waals surface area (Å²) in [6, 6.07) is 8.22. The van der Waals surface area contributed by atoms with Crippen molar-refractivity contribution in [1.82, 2.24) is 15.6 Å². The fourth-order valence-electron chi connectivity index (χ4n) is 2.83. The quantitative estimate of drug-likeness (QED) is 0.358. The highest BCUT2D eigenvalue weighted by atomic mass is 127. The standard InChI is InChI=1S/C19H26N4OS.HI/c1-3-18-23-15(13-25-18)9-10-21-19(20-4-2)22-12-16-11-14-7-5-6-8-17(14)24-16;/h5-8,13,16H,3-4,9-12H2,1-2H3,(H2,20,21,22);1H. The SMILES string of the molecule is CCNC(=NCC1Cc2ccccc2O1)NCCc1csc(CC)n1.I. The van der Waals surface area contributed by atoms with Gasteiger partial charge in [-0.2, -0.15) is 0 Å². The van der Waals surface area contributed by atoms with E-state index in [1.54, 1.807) is 11.3 Å². The van der Waals surface area contributed by atoms with Gasteiger partial charge in [-0.25, -0.2) is 9.98 Å². The fourth-order valence-corrected chi connectivity index (χ4v) is 3.60. The Labute approximate surface area is 176 Å². The van der Waals surface area contributed by atoms with Gasteiger partial charge >= 0.3 is 0 Å². The number of hydrogen-bond acceptors (Lipinski definition) is 4. The maximum atomic E-state index is 5.95. The molecule has 26 heavy (non-hydrogen) atoms. The number of aromatic nitrogens is 1. The van der Waals surface area contributed by atoms with Crippen LogP contribution in [0.1, 0.15) is 30.1 Å². The van der Waals surface area contributed by atoms with Crippen molar-refractivity contribution < 1.29 is 4.74 Å². The lowest BCUT2D eigenvalue weighted by Gasteiger charge is -2.13. The zero-order chi connectivity index (χ0) is 17.5. The summed E-state index contributed by atoms with van der Waals surface area (Å²) < 4.78 is 5.95. The molecule has 1 aliphatic rings. The molecule has 0 saturated carbocycles. The number of hydrogen-bond donors (Lipinski definition) is 2. The minimum atomic E-state index is 0. The summed E-state index contributed by atoms with van der Waals surface area (Å²) >= 11 is 1.74. The maximum Gasteiger partial charge on any atom is 0.191 e. The predicted octanol–water partition coefficient (Wildman–Crippen LogP) is 3.42. The largest absolute Gasteiger partial charge is 0.488 e.